The highest BCUT2D eigenvalue weighted by atomic mass is 127. The van der Waals surface area contributed by atoms with Crippen molar-refractivity contribution in [2.45, 2.75) is 26.8 Å². The Balaban J connectivity index is 0.00000392. The van der Waals surface area contributed by atoms with E-state index < -0.39 is 0 Å². The monoisotopic (exact) mass is 505 g/mol. The van der Waals surface area contributed by atoms with E-state index in [2.05, 4.69) is 40.7 Å². The fraction of sp³-hybridized carbons (Fsp3) is 0.600. The number of halogens is 1. The molecule has 1 aliphatic heterocycles. The lowest BCUT2D eigenvalue weighted by atomic mass is 10.1. The average molecular weight is 505 g/mol. The van der Waals surface area contributed by atoms with Crippen LogP contribution in [0.3, 0.4) is 0 Å². The maximum absolute atomic E-state index is 11.5. The molecule has 0 radical (unpaired) electrons. The molecular formula is C20H32IN3O4. The van der Waals surface area contributed by atoms with Gasteiger partial charge in [-0.2, -0.15) is 0 Å². The molecule has 0 bridgehead atoms. The number of rotatable bonds is 8. The van der Waals surface area contributed by atoms with E-state index in [1.54, 1.807) is 7.05 Å². The van der Waals surface area contributed by atoms with Crippen molar-refractivity contribution in [1.82, 2.24) is 10.6 Å². The number of carbonyl (C=O) groups excluding carboxylic acids is 1. The number of benzene rings is 1. The van der Waals surface area contributed by atoms with Gasteiger partial charge >= 0.3 is 5.97 Å². The summed E-state index contributed by atoms with van der Waals surface area (Å²) in [7, 11) is 3.09. The molecule has 1 aliphatic rings. The first-order chi connectivity index (χ1) is 13.0. The number of nitrogens with zero attached hydrogens (tertiary/aromatic N) is 1. The van der Waals surface area contributed by atoms with E-state index in [9.17, 15) is 4.79 Å². The number of nitrogens with one attached hydrogen (secondary N) is 2. The third-order valence-corrected chi connectivity index (χ3v) is 4.57. The Kier molecular flexibility index (Phi) is 11.2. The van der Waals surface area contributed by atoms with Gasteiger partial charge in [-0.05, 0) is 25.0 Å². The van der Waals surface area contributed by atoms with E-state index in [1.807, 2.05) is 6.92 Å². The summed E-state index contributed by atoms with van der Waals surface area (Å²) in [6.07, 6.45) is 1.05. The zero-order valence-electron chi connectivity index (χ0n) is 17.1. The highest BCUT2D eigenvalue weighted by Crippen LogP contribution is 2.22. The molecule has 0 aliphatic carbocycles. The van der Waals surface area contributed by atoms with Crippen LogP contribution in [0.2, 0.25) is 0 Å². The lowest BCUT2D eigenvalue weighted by Gasteiger charge is -2.17. The van der Waals surface area contributed by atoms with Gasteiger partial charge < -0.3 is 24.8 Å². The molecule has 2 N–H and O–H groups in total. The van der Waals surface area contributed by atoms with Gasteiger partial charge in [-0.15, -0.1) is 24.0 Å². The number of hydrogen-bond acceptors (Lipinski definition) is 5. The van der Waals surface area contributed by atoms with Crippen LogP contribution in [0.4, 0.5) is 0 Å². The van der Waals surface area contributed by atoms with Crippen molar-refractivity contribution in [2.75, 3.05) is 40.5 Å². The van der Waals surface area contributed by atoms with Crippen LogP contribution in [0, 0.1) is 18.8 Å². The molecule has 0 saturated carbocycles. The van der Waals surface area contributed by atoms with Crippen LogP contribution in [-0.2, 0) is 20.8 Å². The van der Waals surface area contributed by atoms with E-state index in [0.29, 0.717) is 31.6 Å². The van der Waals surface area contributed by atoms with Crippen LogP contribution >= 0.6 is 24.0 Å². The molecule has 8 heteroatoms. The van der Waals surface area contributed by atoms with Crippen molar-refractivity contribution in [3.63, 3.8) is 0 Å². The van der Waals surface area contributed by atoms with Crippen molar-refractivity contribution in [3.05, 3.63) is 29.3 Å². The van der Waals surface area contributed by atoms with Crippen molar-refractivity contribution in [1.29, 1.82) is 0 Å². The molecule has 158 valence electrons. The Bertz CT molecular complexity index is 648. The molecular weight excluding hydrogens is 473 g/mol. The fourth-order valence-electron chi connectivity index (χ4n) is 2.80. The van der Waals surface area contributed by atoms with E-state index >= 15 is 0 Å². The second-order valence-electron chi connectivity index (χ2n) is 6.88. The van der Waals surface area contributed by atoms with E-state index in [0.717, 1.165) is 36.5 Å². The van der Waals surface area contributed by atoms with Gasteiger partial charge in [0.1, 0.15) is 5.75 Å². The van der Waals surface area contributed by atoms with Gasteiger partial charge in [-0.25, -0.2) is 0 Å². The highest BCUT2D eigenvalue weighted by molar-refractivity contribution is 14.0. The quantitative estimate of drug-likeness (QED) is 0.245. The van der Waals surface area contributed by atoms with Crippen LogP contribution in [0.1, 0.15) is 24.5 Å². The summed E-state index contributed by atoms with van der Waals surface area (Å²) in [5.74, 6) is 1.47. The number of hydrogen-bond donors (Lipinski definition) is 2. The summed E-state index contributed by atoms with van der Waals surface area (Å²) in [6.45, 7) is 7.15. The first kappa shape index (κ1) is 24.5. The van der Waals surface area contributed by atoms with Gasteiger partial charge in [0.15, 0.2) is 5.96 Å². The SMILES string of the molecule is CN=C(NCc1ccc(C)cc1OCC1CCOC1)NCC(C)C(=O)OC.I. The Labute approximate surface area is 184 Å². The van der Waals surface area contributed by atoms with Crippen LogP contribution < -0.4 is 15.4 Å². The second-order valence-corrected chi connectivity index (χ2v) is 6.88. The van der Waals surface area contributed by atoms with Gasteiger partial charge in [0, 0.05) is 38.2 Å². The summed E-state index contributed by atoms with van der Waals surface area (Å²) in [5, 5.41) is 6.41. The Morgan fingerprint density at radius 3 is 2.82 bits per heavy atom. The first-order valence-electron chi connectivity index (χ1n) is 9.36. The normalized spacial score (nSPS) is 17.4. The number of methoxy groups -OCH3 is 1. The predicted molar refractivity (Wildman–Crippen MR) is 120 cm³/mol. The molecule has 0 amide bonds. The molecule has 0 aromatic heterocycles. The van der Waals surface area contributed by atoms with Gasteiger partial charge in [-0.3, -0.25) is 9.79 Å². The Hall–Kier alpha value is -1.55. The predicted octanol–water partition coefficient (Wildman–Crippen LogP) is 2.50. The maximum atomic E-state index is 11.5. The van der Waals surface area contributed by atoms with Crippen molar-refractivity contribution in [2.24, 2.45) is 16.8 Å². The molecule has 2 atom stereocenters. The molecule has 1 saturated heterocycles. The summed E-state index contributed by atoms with van der Waals surface area (Å²) in [6, 6.07) is 6.19. The minimum Gasteiger partial charge on any atom is -0.493 e. The molecule has 28 heavy (non-hydrogen) atoms. The summed E-state index contributed by atoms with van der Waals surface area (Å²) in [5.41, 5.74) is 2.22. The molecule has 0 spiro atoms. The number of ether oxygens (including phenoxy) is 3. The number of guanidine groups is 1. The van der Waals surface area contributed by atoms with Gasteiger partial charge in [-0.1, -0.05) is 19.1 Å². The second kappa shape index (κ2) is 12.8. The maximum Gasteiger partial charge on any atom is 0.310 e. The van der Waals surface area contributed by atoms with Crippen LogP contribution in [-0.4, -0.2) is 52.5 Å². The highest BCUT2D eigenvalue weighted by Gasteiger charge is 2.17. The molecule has 1 aromatic carbocycles. The molecule has 1 fully saturated rings. The lowest BCUT2D eigenvalue weighted by Crippen LogP contribution is -2.40. The van der Waals surface area contributed by atoms with Crippen molar-refractivity contribution < 1.29 is 19.0 Å². The Morgan fingerprint density at radius 2 is 2.18 bits per heavy atom. The van der Waals surface area contributed by atoms with Gasteiger partial charge in [0.25, 0.3) is 0 Å². The minimum absolute atomic E-state index is 0. The summed E-state index contributed by atoms with van der Waals surface area (Å²) in [4.78, 5) is 15.7. The standard InChI is InChI=1S/C20H31N3O4.HI/c1-14-5-6-17(18(9-14)27-13-16-7-8-26-12-16)11-23-20(21-3)22-10-15(2)19(24)25-4;/h5-6,9,15-16H,7-8,10-13H2,1-4H3,(H2,21,22,23);1H. The number of esters is 1. The molecule has 2 rings (SSSR count). The minimum atomic E-state index is -0.250. The van der Waals surface area contributed by atoms with Crippen LogP contribution in [0.15, 0.2) is 23.2 Å². The molecule has 2 unspecified atom stereocenters. The average Bonchev–Trinajstić information content (AvgIpc) is 3.20. The largest absolute Gasteiger partial charge is 0.493 e. The number of carbonyl (C=O) groups is 1. The van der Waals surface area contributed by atoms with Gasteiger partial charge in [0.05, 0.1) is 26.2 Å². The smallest absolute Gasteiger partial charge is 0.310 e. The van der Waals surface area contributed by atoms with Crippen LogP contribution in [0.25, 0.3) is 0 Å². The van der Waals surface area contributed by atoms with E-state index in [-0.39, 0.29) is 35.9 Å². The van der Waals surface area contributed by atoms with E-state index in [4.69, 9.17) is 14.2 Å². The van der Waals surface area contributed by atoms with Crippen molar-refractivity contribution >= 4 is 35.9 Å². The molecule has 1 aromatic rings. The summed E-state index contributed by atoms with van der Waals surface area (Å²) < 4.78 is 16.2. The zero-order chi connectivity index (χ0) is 19.6. The lowest BCUT2D eigenvalue weighted by molar-refractivity contribution is -0.144. The molecule has 1 heterocycles. The zero-order valence-corrected chi connectivity index (χ0v) is 19.4. The molecule has 7 nitrogen and oxygen atoms in total. The third kappa shape index (κ3) is 7.83. The van der Waals surface area contributed by atoms with Crippen LogP contribution in [0.5, 0.6) is 5.75 Å². The van der Waals surface area contributed by atoms with E-state index in [1.165, 1.54) is 7.11 Å². The van der Waals surface area contributed by atoms with Crippen molar-refractivity contribution in [3.8, 4) is 5.75 Å². The Morgan fingerprint density at radius 1 is 1.39 bits per heavy atom. The number of aliphatic imine (C=N–C) groups is 1. The third-order valence-electron chi connectivity index (χ3n) is 4.57. The van der Waals surface area contributed by atoms with Gasteiger partial charge in [0.2, 0.25) is 0 Å². The topological polar surface area (TPSA) is 81.2 Å². The summed E-state index contributed by atoms with van der Waals surface area (Å²) >= 11 is 0. The fourth-order valence-corrected chi connectivity index (χ4v) is 2.80. The first-order valence-corrected chi connectivity index (χ1v) is 9.36. The number of aryl methyl sites for hydroxylation is 1.